The van der Waals surface area contributed by atoms with Gasteiger partial charge < -0.3 is 15.2 Å². The fraction of sp³-hybridized carbons (Fsp3) is 0.923. The molecule has 0 spiro atoms. The maximum atomic E-state index is 11.1. The molecule has 2 rings (SSSR count). The normalized spacial score (nSPS) is 30.1. The molecule has 0 aromatic rings. The Hall–Kier alpha value is -0.650. The summed E-state index contributed by atoms with van der Waals surface area (Å²) in [7, 11) is 0. The number of carboxylic acids is 1. The molecule has 2 fully saturated rings. The Kier molecular flexibility index (Phi) is 4.97. The number of fused-ring (bicyclic) bond motifs is 1. The van der Waals surface area contributed by atoms with Crippen molar-refractivity contribution in [3.63, 3.8) is 0 Å². The van der Waals surface area contributed by atoms with E-state index in [4.69, 9.17) is 9.84 Å². The van der Waals surface area contributed by atoms with Crippen molar-refractivity contribution in [2.24, 2.45) is 0 Å². The van der Waals surface area contributed by atoms with Crippen LogP contribution in [0.15, 0.2) is 0 Å². The number of carbonyl (C=O) groups is 1. The van der Waals surface area contributed by atoms with Crippen LogP contribution in [0.5, 0.6) is 0 Å². The second-order valence-corrected chi connectivity index (χ2v) is 5.18. The number of hydrogen-bond acceptors (Lipinski definition) is 4. The first-order valence-corrected chi connectivity index (χ1v) is 7.04. The highest BCUT2D eigenvalue weighted by Gasteiger charge is 2.36. The summed E-state index contributed by atoms with van der Waals surface area (Å²) in [6.07, 6.45) is 4.66. The van der Waals surface area contributed by atoms with E-state index < -0.39 is 12.0 Å². The van der Waals surface area contributed by atoms with Crippen LogP contribution in [0.25, 0.3) is 0 Å². The molecular formula is C13H24N2O3. The summed E-state index contributed by atoms with van der Waals surface area (Å²) < 4.78 is 5.76. The molecule has 1 aliphatic carbocycles. The van der Waals surface area contributed by atoms with Gasteiger partial charge in [0.15, 0.2) is 0 Å². The lowest BCUT2D eigenvalue weighted by Crippen LogP contribution is -2.50. The first-order valence-electron chi connectivity index (χ1n) is 7.04. The molecule has 1 saturated heterocycles. The molecule has 3 unspecified atom stereocenters. The number of nitrogens with zero attached hydrogens (tertiary/aromatic N) is 1. The van der Waals surface area contributed by atoms with Crippen LogP contribution >= 0.6 is 0 Å². The largest absolute Gasteiger partial charge is 0.480 e. The Balaban J connectivity index is 1.82. The SMILES string of the molecule is CCNC(CCN1CCOC2CCCC21)C(=O)O. The van der Waals surface area contributed by atoms with Crippen molar-refractivity contribution in [3.05, 3.63) is 0 Å². The average molecular weight is 256 g/mol. The third-order valence-corrected chi connectivity index (χ3v) is 4.05. The zero-order valence-corrected chi connectivity index (χ0v) is 11.1. The van der Waals surface area contributed by atoms with Crippen LogP contribution in [0, 0.1) is 0 Å². The van der Waals surface area contributed by atoms with Crippen LogP contribution in [-0.2, 0) is 9.53 Å². The molecule has 0 aromatic carbocycles. The van der Waals surface area contributed by atoms with Crippen molar-refractivity contribution >= 4 is 5.97 Å². The summed E-state index contributed by atoms with van der Waals surface area (Å²) in [5, 5.41) is 12.1. The van der Waals surface area contributed by atoms with Gasteiger partial charge in [0.1, 0.15) is 6.04 Å². The van der Waals surface area contributed by atoms with Gasteiger partial charge in [0.05, 0.1) is 12.7 Å². The number of ether oxygens (including phenoxy) is 1. The molecule has 5 nitrogen and oxygen atoms in total. The van der Waals surface area contributed by atoms with E-state index >= 15 is 0 Å². The van der Waals surface area contributed by atoms with Crippen LogP contribution < -0.4 is 5.32 Å². The van der Waals surface area contributed by atoms with E-state index in [0.717, 1.165) is 26.1 Å². The topological polar surface area (TPSA) is 61.8 Å². The van der Waals surface area contributed by atoms with Gasteiger partial charge in [-0.3, -0.25) is 9.69 Å². The lowest BCUT2D eigenvalue weighted by molar-refractivity contribution is -0.140. The van der Waals surface area contributed by atoms with Crippen molar-refractivity contribution in [1.82, 2.24) is 10.2 Å². The molecule has 18 heavy (non-hydrogen) atoms. The lowest BCUT2D eigenvalue weighted by Gasteiger charge is -2.38. The van der Waals surface area contributed by atoms with Gasteiger partial charge in [-0.25, -0.2) is 0 Å². The van der Waals surface area contributed by atoms with Gasteiger partial charge in [0.25, 0.3) is 0 Å². The molecule has 0 radical (unpaired) electrons. The summed E-state index contributed by atoms with van der Waals surface area (Å²) in [6.45, 7) is 5.23. The maximum Gasteiger partial charge on any atom is 0.320 e. The lowest BCUT2D eigenvalue weighted by atomic mass is 10.1. The number of nitrogens with one attached hydrogen (secondary N) is 1. The third-order valence-electron chi connectivity index (χ3n) is 4.05. The van der Waals surface area contributed by atoms with E-state index in [-0.39, 0.29) is 0 Å². The van der Waals surface area contributed by atoms with Crippen LogP contribution in [0.4, 0.5) is 0 Å². The first kappa shape index (κ1) is 13.8. The predicted octanol–water partition coefficient (Wildman–Crippen LogP) is 0.693. The Morgan fingerprint density at radius 2 is 2.39 bits per heavy atom. The minimum absolute atomic E-state index is 0.390. The smallest absolute Gasteiger partial charge is 0.320 e. The quantitative estimate of drug-likeness (QED) is 0.732. The molecule has 0 bridgehead atoms. The van der Waals surface area contributed by atoms with Gasteiger partial charge in [-0.2, -0.15) is 0 Å². The maximum absolute atomic E-state index is 11.1. The molecular weight excluding hydrogens is 232 g/mol. The Morgan fingerprint density at radius 3 is 3.11 bits per heavy atom. The van der Waals surface area contributed by atoms with Crippen molar-refractivity contribution < 1.29 is 14.6 Å². The highest BCUT2D eigenvalue weighted by molar-refractivity contribution is 5.73. The molecule has 1 saturated carbocycles. The van der Waals surface area contributed by atoms with Crippen molar-refractivity contribution in [2.75, 3.05) is 26.2 Å². The summed E-state index contributed by atoms with van der Waals surface area (Å²) in [5.41, 5.74) is 0. The van der Waals surface area contributed by atoms with Gasteiger partial charge in [0.2, 0.25) is 0 Å². The Labute approximate surface area is 108 Å². The van der Waals surface area contributed by atoms with Crippen LogP contribution in [0.1, 0.15) is 32.6 Å². The van der Waals surface area contributed by atoms with Crippen molar-refractivity contribution in [3.8, 4) is 0 Å². The Morgan fingerprint density at radius 1 is 1.56 bits per heavy atom. The van der Waals surface area contributed by atoms with Crippen molar-refractivity contribution in [1.29, 1.82) is 0 Å². The van der Waals surface area contributed by atoms with Gasteiger partial charge in [-0.1, -0.05) is 6.92 Å². The van der Waals surface area contributed by atoms with E-state index in [9.17, 15) is 4.79 Å². The number of carboxylic acid groups (broad SMARTS) is 1. The van der Waals surface area contributed by atoms with Gasteiger partial charge >= 0.3 is 5.97 Å². The fourth-order valence-corrected chi connectivity index (χ4v) is 3.14. The van der Waals surface area contributed by atoms with Gasteiger partial charge in [0, 0.05) is 19.1 Å². The average Bonchev–Trinajstić information content (AvgIpc) is 2.82. The van der Waals surface area contributed by atoms with Crippen LogP contribution in [-0.4, -0.2) is 60.4 Å². The molecule has 2 N–H and O–H groups in total. The van der Waals surface area contributed by atoms with Gasteiger partial charge in [-0.15, -0.1) is 0 Å². The Bertz CT molecular complexity index is 285. The van der Waals surface area contributed by atoms with Crippen LogP contribution in [0.3, 0.4) is 0 Å². The molecule has 3 atom stereocenters. The number of aliphatic carboxylic acids is 1. The second-order valence-electron chi connectivity index (χ2n) is 5.18. The van der Waals surface area contributed by atoms with E-state index in [1.54, 1.807) is 0 Å². The number of hydrogen-bond donors (Lipinski definition) is 2. The molecule has 5 heteroatoms. The zero-order chi connectivity index (χ0) is 13.0. The molecule has 104 valence electrons. The molecule has 0 amide bonds. The minimum atomic E-state index is -0.743. The molecule has 1 heterocycles. The highest BCUT2D eigenvalue weighted by atomic mass is 16.5. The molecule has 2 aliphatic rings. The van der Waals surface area contributed by atoms with Crippen molar-refractivity contribution in [2.45, 2.75) is 50.8 Å². The number of rotatable bonds is 6. The summed E-state index contributed by atoms with van der Waals surface area (Å²) in [4.78, 5) is 13.5. The van der Waals surface area contributed by atoms with Gasteiger partial charge in [-0.05, 0) is 32.2 Å². The summed E-state index contributed by atoms with van der Waals surface area (Å²) in [5.74, 6) is -0.743. The highest BCUT2D eigenvalue weighted by Crippen LogP contribution is 2.29. The second kappa shape index (κ2) is 6.50. The monoisotopic (exact) mass is 256 g/mol. The number of morpholine rings is 1. The predicted molar refractivity (Wildman–Crippen MR) is 68.7 cm³/mol. The summed E-state index contributed by atoms with van der Waals surface area (Å²) >= 11 is 0. The molecule has 0 aromatic heterocycles. The third kappa shape index (κ3) is 3.22. The van der Waals surface area contributed by atoms with Crippen LogP contribution in [0.2, 0.25) is 0 Å². The van der Waals surface area contributed by atoms with E-state index in [2.05, 4.69) is 10.2 Å². The first-order chi connectivity index (χ1) is 8.72. The standard InChI is InChI=1S/C13H24N2O3/c1-2-14-10(13(16)17)6-7-15-8-9-18-12-5-3-4-11(12)15/h10-12,14H,2-9H2,1H3,(H,16,17). The minimum Gasteiger partial charge on any atom is -0.480 e. The van der Waals surface area contributed by atoms with E-state index in [0.29, 0.717) is 25.1 Å². The van der Waals surface area contributed by atoms with E-state index in [1.165, 1.54) is 12.8 Å². The summed E-state index contributed by atoms with van der Waals surface area (Å²) in [6, 6.07) is 0.104. The fourth-order valence-electron chi connectivity index (χ4n) is 3.14. The van der Waals surface area contributed by atoms with E-state index in [1.807, 2.05) is 6.92 Å². The molecule has 1 aliphatic heterocycles. The zero-order valence-electron chi connectivity index (χ0n) is 11.1. The number of likely N-dealkylation sites (N-methyl/N-ethyl adjacent to an activating group) is 1.